The van der Waals surface area contributed by atoms with Crippen molar-refractivity contribution in [2.45, 2.75) is 46.1 Å². The van der Waals surface area contributed by atoms with Gasteiger partial charge >= 0.3 is 16.3 Å². The van der Waals surface area contributed by atoms with Gasteiger partial charge in [0.1, 0.15) is 5.60 Å². The van der Waals surface area contributed by atoms with Crippen molar-refractivity contribution in [2.24, 2.45) is 0 Å². The minimum Gasteiger partial charge on any atom is -0.443 e. The summed E-state index contributed by atoms with van der Waals surface area (Å²) < 4.78 is 36.6. The Morgan fingerprint density at radius 1 is 1.25 bits per heavy atom. The predicted molar refractivity (Wildman–Crippen MR) is 76.6 cm³/mol. The lowest BCUT2D eigenvalue weighted by Crippen LogP contribution is -2.44. The van der Waals surface area contributed by atoms with Crippen LogP contribution in [0.25, 0.3) is 0 Å². The summed E-state index contributed by atoms with van der Waals surface area (Å²) in [5, 5.41) is 0. The second kappa shape index (κ2) is 8.43. The zero-order valence-electron chi connectivity index (χ0n) is 12.9. The molecule has 0 aliphatic heterocycles. The fourth-order valence-corrected chi connectivity index (χ4v) is 1.87. The van der Waals surface area contributed by atoms with Gasteiger partial charge in [-0.3, -0.25) is 0 Å². The number of hydrogen-bond donors (Lipinski definition) is 1. The van der Waals surface area contributed by atoms with Crippen molar-refractivity contribution in [2.75, 3.05) is 26.8 Å². The second-order valence-corrected chi connectivity index (χ2v) is 7.17. The molecule has 20 heavy (non-hydrogen) atoms. The first-order valence-corrected chi connectivity index (χ1v) is 8.07. The second-order valence-electron chi connectivity index (χ2n) is 5.40. The summed E-state index contributed by atoms with van der Waals surface area (Å²) in [6, 6.07) is 0. The van der Waals surface area contributed by atoms with Crippen LogP contribution in [-0.2, 0) is 19.7 Å². The van der Waals surface area contributed by atoms with Crippen LogP contribution in [0.1, 0.15) is 40.5 Å². The van der Waals surface area contributed by atoms with Crippen LogP contribution in [0.3, 0.4) is 0 Å². The summed E-state index contributed by atoms with van der Waals surface area (Å²) in [6.45, 7) is 8.07. The molecule has 0 saturated carbocycles. The van der Waals surface area contributed by atoms with Crippen molar-refractivity contribution in [1.29, 1.82) is 0 Å². The van der Waals surface area contributed by atoms with Gasteiger partial charge in [0.05, 0.1) is 6.61 Å². The Kier molecular flexibility index (Phi) is 8.07. The van der Waals surface area contributed by atoms with Crippen LogP contribution >= 0.6 is 0 Å². The number of ether oxygens (including phenoxy) is 2. The van der Waals surface area contributed by atoms with Gasteiger partial charge in [-0.1, -0.05) is 13.3 Å². The zero-order valence-corrected chi connectivity index (χ0v) is 13.7. The van der Waals surface area contributed by atoms with Crippen LogP contribution in [0, 0.1) is 0 Å². The number of nitrogens with zero attached hydrogens (tertiary/aromatic N) is 1. The van der Waals surface area contributed by atoms with Crippen LogP contribution in [-0.4, -0.2) is 51.2 Å². The first-order chi connectivity index (χ1) is 9.08. The molecular weight excluding hydrogens is 284 g/mol. The van der Waals surface area contributed by atoms with Crippen molar-refractivity contribution in [3.8, 4) is 0 Å². The lowest BCUT2D eigenvalue weighted by molar-refractivity contribution is 0.0566. The summed E-state index contributed by atoms with van der Waals surface area (Å²) in [5.74, 6) is 0. The highest BCUT2D eigenvalue weighted by Gasteiger charge is 2.24. The lowest BCUT2D eigenvalue weighted by atomic mass is 10.2. The molecule has 0 radical (unpaired) electrons. The number of rotatable bonds is 8. The molecular formula is C12H26N2O5S. The molecule has 1 amide bonds. The maximum absolute atomic E-state index is 11.8. The van der Waals surface area contributed by atoms with E-state index in [0.29, 0.717) is 6.61 Å². The van der Waals surface area contributed by atoms with E-state index in [2.05, 4.69) is 0 Å². The molecule has 0 atom stereocenters. The Hall–Kier alpha value is -0.860. The number of amides is 1. The molecule has 0 aliphatic rings. The normalized spacial score (nSPS) is 12.5. The van der Waals surface area contributed by atoms with Gasteiger partial charge in [0.2, 0.25) is 0 Å². The number of unbranched alkanes of at least 4 members (excludes halogenated alkanes) is 1. The van der Waals surface area contributed by atoms with E-state index >= 15 is 0 Å². The third kappa shape index (κ3) is 9.11. The largest absolute Gasteiger partial charge is 0.443 e. The van der Waals surface area contributed by atoms with Gasteiger partial charge in [0.15, 0.2) is 0 Å². The standard InChI is InChI=1S/C12H26N2O5S/c1-6-7-9-18-10-8-14(5)20(16,17)13-11(15)19-12(2,3)4/h6-10H2,1-5H3,(H,13,15). The molecule has 0 heterocycles. The predicted octanol–water partition coefficient (Wildman–Crippen LogP) is 1.50. The van der Waals surface area contributed by atoms with Crippen molar-refractivity contribution in [1.82, 2.24) is 9.03 Å². The maximum Gasteiger partial charge on any atom is 0.422 e. The molecule has 0 aromatic carbocycles. The quantitative estimate of drug-likeness (QED) is 0.687. The van der Waals surface area contributed by atoms with E-state index in [1.165, 1.54) is 7.05 Å². The third-order valence-electron chi connectivity index (χ3n) is 2.21. The zero-order chi connectivity index (χ0) is 15.8. The molecule has 0 aromatic heterocycles. The number of carbonyl (C=O) groups excluding carboxylic acids is 1. The van der Waals surface area contributed by atoms with Crippen LogP contribution in [0.5, 0.6) is 0 Å². The molecule has 0 unspecified atom stereocenters. The Morgan fingerprint density at radius 2 is 1.85 bits per heavy atom. The molecule has 1 N–H and O–H groups in total. The highest BCUT2D eigenvalue weighted by molar-refractivity contribution is 7.87. The summed E-state index contributed by atoms with van der Waals surface area (Å²) >= 11 is 0. The van der Waals surface area contributed by atoms with Gasteiger partial charge in [-0.2, -0.15) is 12.7 Å². The first kappa shape index (κ1) is 19.1. The molecule has 0 aliphatic carbocycles. The average Bonchev–Trinajstić information content (AvgIpc) is 2.24. The van der Waals surface area contributed by atoms with Gasteiger partial charge in [-0.15, -0.1) is 0 Å². The molecule has 120 valence electrons. The number of likely N-dealkylation sites (N-methyl/N-ethyl adjacent to an activating group) is 1. The maximum atomic E-state index is 11.8. The van der Waals surface area contributed by atoms with Crippen LogP contribution in [0.2, 0.25) is 0 Å². The smallest absolute Gasteiger partial charge is 0.422 e. The monoisotopic (exact) mass is 310 g/mol. The third-order valence-corrected chi connectivity index (χ3v) is 3.64. The molecule has 0 spiro atoms. The van der Waals surface area contributed by atoms with E-state index in [1.54, 1.807) is 20.8 Å². The molecule has 0 fully saturated rings. The minimum absolute atomic E-state index is 0.168. The van der Waals surface area contributed by atoms with E-state index in [9.17, 15) is 13.2 Å². The van der Waals surface area contributed by atoms with E-state index in [1.807, 2.05) is 11.6 Å². The summed E-state index contributed by atoms with van der Waals surface area (Å²) in [5.41, 5.74) is -0.749. The molecule has 0 rings (SSSR count). The summed E-state index contributed by atoms with van der Waals surface area (Å²) in [7, 11) is -2.52. The molecule has 0 bridgehead atoms. The van der Waals surface area contributed by atoms with E-state index in [0.717, 1.165) is 17.1 Å². The van der Waals surface area contributed by atoms with E-state index < -0.39 is 21.9 Å². The highest BCUT2D eigenvalue weighted by Crippen LogP contribution is 2.07. The average molecular weight is 310 g/mol. The molecule has 8 heteroatoms. The summed E-state index contributed by atoms with van der Waals surface area (Å²) in [4.78, 5) is 11.4. The number of hydrogen-bond acceptors (Lipinski definition) is 5. The van der Waals surface area contributed by atoms with Crippen molar-refractivity contribution >= 4 is 16.3 Å². The molecule has 0 aromatic rings. The van der Waals surface area contributed by atoms with Gasteiger partial charge in [-0.25, -0.2) is 9.52 Å². The van der Waals surface area contributed by atoms with Crippen molar-refractivity contribution in [3.05, 3.63) is 0 Å². The lowest BCUT2D eigenvalue weighted by Gasteiger charge is -2.22. The number of carbonyl (C=O) groups is 1. The van der Waals surface area contributed by atoms with Crippen LogP contribution in [0.15, 0.2) is 0 Å². The Bertz CT molecular complexity index is 389. The van der Waals surface area contributed by atoms with Crippen LogP contribution in [0.4, 0.5) is 4.79 Å². The Labute approximate surface area is 121 Å². The summed E-state index contributed by atoms with van der Waals surface area (Å²) in [6.07, 6.45) is 0.970. The minimum atomic E-state index is -3.90. The highest BCUT2D eigenvalue weighted by atomic mass is 32.2. The van der Waals surface area contributed by atoms with Gasteiger partial charge in [0, 0.05) is 20.2 Å². The van der Waals surface area contributed by atoms with Gasteiger partial charge in [0.25, 0.3) is 0 Å². The van der Waals surface area contributed by atoms with E-state index in [4.69, 9.17) is 9.47 Å². The first-order valence-electron chi connectivity index (χ1n) is 6.63. The van der Waals surface area contributed by atoms with Crippen molar-refractivity contribution in [3.63, 3.8) is 0 Å². The van der Waals surface area contributed by atoms with Crippen LogP contribution < -0.4 is 4.72 Å². The topological polar surface area (TPSA) is 84.9 Å². The fraction of sp³-hybridized carbons (Fsp3) is 0.917. The van der Waals surface area contributed by atoms with E-state index in [-0.39, 0.29) is 13.2 Å². The Balaban J connectivity index is 4.18. The Morgan fingerprint density at radius 3 is 2.35 bits per heavy atom. The van der Waals surface area contributed by atoms with Gasteiger partial charge < -0.3 is 9.47 Å². The molecule has 7 nitrogen and oxygen atoms in total. The number of nitrogens with one attached hydrogen (secondary N) is 1. The van der Waals surface area contributed by atoms with Gasteiger partial charge in [-0.05, 0) is 27.2 Å². The SMILES string of the molecule is CCCCOCCN(C)S(=O)(=O)NC(=O)OC(C)(C)C. The molecule has 0 saturated heterocycles. The fourth-order valence-electron chi connectivity index (χ4n) is 1.14. The van der Waals surface area contributed by atoms with Crippen molar-refractivity contribution < 1.29 is 22.7 Å².